The summed E-state index contributed by atoms with van der Waals surface area (Å²) in [6.07, 6.45) is 5.21. The molecule has 150 valence electrons. The summed E-state index contributed by atoms with van der Waals surface area (Å²) in [6.45, 7) is 0. The highest BCUT2D eigenvalue weighted by molar-refractivity contribution is 7.89. The Morgan fingerprint density at radius 3 is 2.72 bits per heavy atom. The molecule has 0 radical (unpaired) electrons. The third kappa shape index (κ3) is 3.15. The van der Waals surface area contributed by atoms with Gasteiger partial charge in [0.15, 0.2) is 11.3 Å². The molecule has 1 aliphatic carbocycles. The van der Waals surface area contributed by atoms with Crippen molar-refractivity contribution in [2.45, 2.75) is 36.1 Å². The van der Waals surface area contributed by atoms with Gasteiger partial charge >= 0.3 is 0 Å². The average molecular weight is 418 g/mol. The zero-order valence-electron chi connectivity index (χ0n) is 15.0. The first kappa shape index (κ1) is 18.1. The van der Waals surface area contributed by atoms with Gasteiger partial charge in [-0.3, -0.25) is 4.40 Å². The lowest BCUT2D eigenvalue weighted by atomic mass is 10.1. The molecule has 3 aromatic heterocycles. The zero-order chi connectivity index (χ0) is 20.2. The maximum Gasteiger partial charge on any atom is 0.241 e. The Balaban J connectivity index is 1.41. The van der Waals surface area contributed by atoms with E-state index in [9.17, 15) is 17.2 Å². The Hall–Kier alpha value is -2.92. The van der Waals surface area contributed by atoms with Gasteiger partial charge in [-0.2, -0.15) is 0 Å². The monoisotopic (exact) mass is 418 g/mol. The van der Waals surface area contributed by atoms with Crippen LogP contribution in [0.2, 0.25) is 0 Å². The van der Waals surface area contributed by atoms with Gasteiger partial charge in [-0.15, -0.1) is 10.2 Å². The van der Waals surface area contributed by atoms with Crippen LogP contribution in [0, 0.1) is 11.6 Å². The summed E-state index contributed by atoms with van der Waals surface area (Å²) < 4.78 is 56.4. The SMILES string of the molecule is O=S(=O)(N[C@H]1CC[C@@H](c2nnc3cnc4[nH]ccc4n23)C1)c1cc(F)cc(F)c1. The summed E-state index contributed by atoms with van der Waals surface area (Å²) in [7, 11) is -4.04. The molecule has 4 aromatic rings. The first-order valence-electron chi connectivity index (χ1n) is 9.06. The molecule has 2 N–H and O–H groups in total. The predicted molar refractivity (Wildman–Crippen MR) is 99.7 cm³/mol. The molecule has 11 heteroatoms. The number of rotatable bonds is 4. The molecule has 2 atom stereocenters. The Labute approximate surface area is 164 Å². The quantitative estimate of drug-likeness (QED) is 0.530. The minimum Gasteiger partial charge on any atom is -0.345 e. The van der Waals surface area contributed by atoms with Crippen LogP contribution in [0.3, 0.4) is 0 Å². The first-order chi connectivity index (χ1) is 13.9. The van der Waals surface area contributed by atoms with Crippen molar-refractivity contribution in [2.75, 3.05) is 0 Å². The highest BCUT2D eigenvalue weighted by Crippen LogP contribution is 2.35. The van der Waals surface area contributed by atoms with Gasteiger partial charge < -0.3 is 4.98 Å². The second-order valence-corrected chi connectivity index (χ2v) is 8.87. The van der Waals surface area contributed by atoms with E-state index in [1.54, 1.807) is 12.4 Å². The van der Waals surface area contributed by atoms with Gasteiger partial charge in [0.1, 0.15) is 17.5 Å². The van der Waals surface area contributed by atoms with Gasteiger partial charge in [0.05, 0.1) is 16.6 Å². The standard InChI is InChI=1S/C18H16F2N6O2S/c19-11-6-12(20)8-14(7-11)29(27,28)25-13-2-1-10(5-13)18-24-23-16-9-22-17-15(26(16)18)3-4-21-17/h3-4,6-10,13,21,25H,1-2,5H2/t10-,13+/m1/s1. The fourth-order valence-electron chi connectivity index (χ4n) is 3.96. The summed E-state index contributed by atoms with van der Waals surface area (Å²) in [6, 6.07) is 3.76. The first-order valence-corrected chi connectivity index (χ1v) is 10.5. The largest absolute Gasteiger partial charge is 0.345 e. The maximum absolute atomic E-state index is 13.4. The molecule has 8 nitrogen and oxygen atoms in total. The van der Waals surface area contributed by atoms with E-state index in [1.807, 2.05) is 10.5 Å². The normalized spacial score (nSPS) is 20.1. The van der Waals surface area contributed by atoms with E-state index < -0.39 is 26.6 Å². The fraction of sp³-hybridized carbons (Fsp3) is 0.278. The van der Waals surface area contributed by atoms with Crippen molar-refractivity contribution in [1.29, 1.82) is 0 Å². The minimum absolute atomic E-state index is 0.0116. The van der Waals surface area contributed by atoms with Gasteiger partial charge in [0, 0.05) is 24.2 Å². The number of nitrogens with zero attached hydrogens (tertiary/aromatic N) is 4. The number of halogens is 2. The fourth-order valence-corrected chi connectivity index (χ4v) is 5.28. The average Bonchev–Trinajstić information content (AvgIpc) is 3.38. The highest BCUT2D eigenvalue weighted by Gasteiger charge is 2.32. The van der Waals surface area contributed by atoms with Crippen LogP contribution in [0.4, 0.5) is 8.78 Å². The number of nitrogens with one attached hydrogen (secondary N) is 2. The molecule has 0 amide bonds. The lowest BCUT2D eigenvalue weighted by molar-refractivity contribution is 0.539. The summed E-state index contributed by atoms with van der Waals surface area (Å²) in [4.78, 5) is 6.91. The van der Waals surface area contributed by atoms with Crippen molar-refractivity contribution in [1.82, 2.24) is 29.3 Å². The van der Waals surface area contributed by atoms with Gasteiger partial charge in [-0.1, -0.05) is 0 Å². The van der Waals surface area contributed by atoms with Crippen molar-refractivity contribution in [3.63, 3.8) is 0 Å². The van der Waals surface area contributed by atoms with Crippen molar-refractivity contribution in [3.8, 4) is 0 Å². The molecule has 1 aromatic carbocycles. The number of sulfonamides is 1. The number of aromatic nitrogens is 5. The Morgan fingerprint density at radius 1 is 1.14 bits per heavy atom. The molecule has 29 heavy (non-hydrogen) atoms. The lowest BCUT2D eigenvalue weighted by Gasteiger charge is -2.14. The molecule has 5 rings (SSSR count). The second-order valence-electron chi connectivity index (χ2n) is 7.15. The van der Waals surface area contributed by atoms with Crippen LogP contribution < -0.4 is 4.72 Å². The summed E-state index contributed by atoms with van der Waals surface area (Å²) >= 11 is 0. The van der Waals surface area contributed by atoms with E-state index in [4.69, 9.17) is 0 Å². The molecule has 0 spiro atoms. The number of aromatic amines is 1. The Morgan fingerprint density at radius 2 is 1.93 bits per heavy atom. The summed E-state index contributed by atoms with van der Waals surface area (Å²) in [5.74, 6) is -1.14. The van der Waals surface area contributed by atoms with Crippen LogP contribution in [0.25, 0.3) is 16.8 Å². The lowest BCUT2D eigenvalue weighted by Crippen LogP contribution is -2.33. The van der Waals surface area contributed by atoms with Gasteiger partial charge in [-0.25, -0.2) is 26.9 Å². The van der Waals surface area contributed by atoms with Gasteiger partial charge in [-0.05, 0) is 37.5 Å². The molecule has 1 aliphatic rings. The predicted octanol–water partition coefficient (Wildman–Crippen LogP) is 2.50. The van der Waals surface area contributed by atoms with E-state index >= 15 is 0 Å². The van der Waals surface area contributed by atoms with Crippen molar-refractivity contribution >= 4 is 26.8 Å². The molecule has 1 fully saturated rings. The molecule has 0 bridgehead atoms. The summed E-state index contributed by atoms with van der Waals surface area (Å²) in [5, 5.41) is 8.48. The van der Waals surface area contributed by atoms with Gasteiger partial charge in [0.25, 0.3) is 0 Å². The molecule has 1 saturated carbocycles. The molecule has 3 heterocycles. The van der Waals surface area contributed by atoms with E-state index in [2.05, 4.69) is 24.9 Å². The van der Waals surface area contributed by atoms with E-state index in [1.165, 1.54) is 0 Å². The van der Waals surface area contributed by atoms with Crippen molar-refractivity contribution < 1.29 is 17.2 Å². The minimum atomic E-state index is -4.04. The van der Waals surface area contributed by atoms with Crippen LogP contribution in [0.1, 0.15) is 31.0 Å². The summed E-state index contributed by atoms with van der Waals surface area (Å²) in [5.41, 5.74) is 2.18. The smallest absolute Gasteiger partial charge is 0.241 e. The second kappa shape index (κ2) is 6.56. The van der Waals surface area contributed by atoms with Crippen LogP contribution in [0.15, 0.2) is 41.6 Å². The molecular formula is C18H16F2N6O2S. The topological polar surface area (TPSA) is 105 Å². The van der Waals surface area contributed by atoms with Crippen LogP contribution in [-0.4, -0.2) is 39.0 Å². The van der Waals surface area contributed by atoms with E-state index in [0.29, 0.717) is 36.6 Å². The number of hydrogen-bond acceptors (Lipinski definition) is 5. The van der Waals surface area contributed by atoms with Crippen LogP contribution in [-0.2, 0) is 10.0 Å². The third-order valence-corrected chi connectivity index (χ3v) is 6.73. The number of fused-ring (bicyclic) bond motifs is 3. The molecule has 0 aliphatic heterocycles. The van der Waals surface area contributed by atoms with Crippen LogP contribution >= 0.6 is 0 Å². The molecule has 0 unspecified atom stereocenters. The number of H-pyrrole nitrogens is 1. The Bertz CT molecular complexity index is 1310. The van der Waals surface area contributed by atoms with Crippen molar-refractivity contribution in [3.05, 3.63) is 54.1 Å². The maximum atomic E-state index is 13.4. The van der Waals surface area contributed by atoms with Crippen LogP contribution in [0.5, 0.6) is 0 Å². The van der Waals surface area contributed by atoms with E-state index in [-0.39, 0.29) is 12.0 Å². The Kier molecular flexibility index (Phi) is 4.10. The zero-order valence-corrected chi connectivity index (χ0v) is 15.8. The highest BCUT2D eigenvalue weighted by atomic mass is 32.2. The van der Waals surface area contributed by atoms with E-state index in [0.717, 1.165) is 23.5 Å². The molecular weight excluding hydrogens is 402 g/mol. The third-order valence-electron chi connectivity index (χ3n) is 5.23. The van der Waals surface area contributed by atoms with Gasteiger partial charge in [0.2, 0.25) is 10.0 Å². The number of benzene rings is 1. The van der Waals surface area contributed by atoms with Crippen molar-refractivity contribution in [2.24, 2.45) is 0 Å². The molecule has 0 saturated heterocycles. The number of hydrogen-bond donors (Lipinski definition) is 2.